The fourth-order valence-electron chi connectivity index (χ4n) is 2.46. The van der Waals surface area contributed by atoms with Gasteiger partial charge >= 0.3 is 175 Å². The van der Waals surface area contributed by atoms with Gasteiger partial charge in [0.05, 0.1) is 0 Å². The molecule has 2 N–H and O–H groups in total. The molecular formula is C18H11Cl2F3N4Se. The molecule has 0 amide bonds. The molecule has 0 atom stereocenters. The van der Waals surface area contributed by atoms with E-state index in [0.717, 1.165) is 22.4 Å². The minimum atomic E-state index is -4.59. The molecule has 0 saturated carbocycles. The fraction of sp³-hybridized carbons (Fsp3) is 0.111. The van der Waals surface area contributed by atoms with Crippen LogP contribution >= 0.6 is 23.2 Å². The third-order valence-corrected chi connectivity index (χ3v) is 6.79. The topological polar surface area (TPSA) is 67.6 Å². The summed E-state index contributed by atoms with van der Waals surface area (Å²) >= 11 is 11.9. The van der Waals surface area contributed by atoms with E-state index in [1.165, 1.54) is 0 Å². The number of nitrogens with two attached hydrogens (primary N) is 1. The molecule has 10 heteroatoms. The van der Waals surface area contributed by atoms with Gasteiger partial charge in [-0.2, -0.15) is 0 Å². The molecular weight excluding hydrogens is 479 g/mol. The van der Waals surface area contributed by atoms with Gasteiger partial charge in [-0.1, -0.05) is 0 Å². The number of rotatable bonds is 4. The van der Waals surface area contributed by atoms with Gasteiger partial charge in [-0.15, -0.1) is 0 Å². The van der Waals surface area contributed by atoms with Crippen LogP contribution in [-0.2, 0) is 11.5 Å². The Morgan fingerprint density at radius 1 is 1.14 bits per heavy atom. The molecule has 0 fully saturated rings. The first-order chi connectivity index (χ1) is 13.2. The summed E-state index contributed by atoms with van der Waals surface area (Å²) in [7, 11) is 0. The van der Waals surface area contributed by atoms with Gasteiger partial charge in [-0.25, -0.2) is 0 Å². The number of halogens is 5. The van der Waals surface area contributed by atoms with E-state index in [0.29, 0.717) is 9.78 Å². The van der Waals surface area contributed by atoms with Gasteiger partial charge in [0.15, 0.2) is 0 Å². The van der Waals surface area contributed by atoms with Crippen LogP contribution < -0.4 is 10.2 Å². The Morgan fingerprint density at radius 3 is 2.29 bits per heavy atom. The number of hydrogen-bond acceptors (Lipinski definition) is 3. The average molecular weight is 490 g/mol. The molecule has 0 aliphatic carbocycles. The van der Waals surface area contributed by atoms with Gasteiger partial charge in [0.25, 0.3) is 0 Å². The molecule has 0 unspecified atom stereocenters. The van der Waals surface area contributed by atoms with Crippen LogP contribution in [0.5, 0.6) is 0 Å². The van der Waals surface area contributed by atoms with Crippen LogP contribution in [0.25, 0.3) is 5.69 Å². The molecule has 3 aromatic rings. The second-order valence-corrected chi connectivity index (χ2v) is 8.53. The molecule has 0 saturated heterocycles. The van der Waals surface area contributed by atoms with Crippen molar-refractivity contribution in [3.8, 4) is 11.8 Å². The minimum absolute atomic E-state index is 0.00657. The van der Waals surface area contributed by atoms with E-state index in [4.69, 9.17) is 28.9 Å². The molecule has 0 spiro atoms. The maximum atomic E-state index is 12.9. The number of nitriles is 1. The molecule has 3 rings (SSSR count). The van der Waals surface area contributed by atoms with Crippen molar-refractivity contribution in [2.24, 2.45) is 0 Å². The van der Waals surface area contributed by atoms with E-state index in [1.54, 1.807) is 0 Å². The molecule has 0 aliphatic heterocycles. The first kappa shape index (κ1) is 20.6. The predicted octanol–water partition coefficient (Wildman–Crippen LogP) is 4.18. The van der Waals surface area contributed by atoms with Gasteiger partial charge in [0.1, 0.15) is 0 Å². The molecule has 0 bridgehead atoms. The molecule has 1 aromatic heterocycles. The van der Waals surface area contributed by atoms with Gasteiger partial charge in [-0.05, 0) is 0 Å². The van der Waals surface area contributed by atoms with Gasteiger partial charge in [0.2, 0.25) is 0 Å². The Bertz CT molecular complexity index is 1040. The van der Waals surface area contributed by atoms with E-state index in [1.807, 2.05) is 36.4 Å². The molecule has 1 heterocycles. The molecule has 144 valence electrons. The number of nitrogens with zero attached hydrogens (tertiary/aromatic N) is 3. The van der Waals surface area contributed by atoms with Crippen molar-refractivity contribution < 1.29 is 13.2 Å². The van der Waals surface area contributed by atoms with Gasteiger partial charge < -0.3 is 0 Å². The van der Waals surface area contributed by atoms with Crippen LogP contribution in [0.15, 0.2) is 42.5 Å². The summed E-state index contributed by atoms with van der Waals surface area (Å²) in [5.41, 5.74) is 6.36. The summed E-state index contributed by atoms with van der Waals surface area (Å²) < 4.78 is 40.5. The quantitative estimate of drug-likeness (QED) is 0.559. The Morgan fingerprint density at radius 2 is 1.75 bits per heavy atom. The second-order valence-electron chi connectivity index (χ2n) is 5.65. The third kappa shape index (κ3) is 4.13. The number of hydrogen-bond donors (Lipinski definition) is 1. The predicted molar refractivity (Wildman–Crippen MR) is 103 cm³/mol. The summed E-state index contributed by atoms with van der Waals surface area (Å²) in [5, 5.41) is 13.7. The van der Waals surface area contributed by atoms with Crippen LogP contribution in [0.2, 0.25) is 10.0 Å². The summed E-state index contributed by atoms with van der Waals surface area (Å²) in [4.78, 5) is 0. The fourth-order valence-corrected chi connectivity index (χ4v) is 5.13. The molecule has 28 heavy (non-hydrogen) atoms. The van der Waals surface area contributed by atoms with Crippen LogP contribution in [0.3, 0.4) is 0 Å². The number of benzene rings is 2. The number of anilines is 1. The van der Waals surface area contributed by atoms with E-state index in [-0.39, 0.29) is 42.2 Å². The zero-order chi connectivity index (χ0) is 20.5. The summed E-state index contributed by atoms with van der Waals surface area (Å²) in [6.07, 6.45) is -4.59. The SMILES string of the molecule is N#Cc1nn(-c2c(Cl)cc(C(F)(F)F)cc2Cl)c(N)c1[Se]Cc1ccccc1. The van der Waals surface area contributed by atoms with Crippen molar-refractivity contribution in [3.05, 3.63) is 69.3 Å². The summed E-state index contributed by atoms with van der Waals surface area (Å²) in [6.45, 7) is 0. The first-order valence-electron chi connectivity index (χ1n) is 7.74. The van der Waals surface area contributed by atoms with Crippen LogP contribution in [-0.4, -0.2) is 24.7 Å². The average Bonchev–Trinajstić information content (AvgIpc) is 2.95. The molecule has 0 aliphatic rings. The Hall–Kier alpha value is -2.17. The standard InChI is InChI=1S/C18H11Cl2F3N4Se/c19-12-6-11(18(21,22)23)7-13(20)15(12)27-17(25)16(14(8-24)26-27)28-9-10-4-2-1-3-5-10/h1-7H,9,25H2. The molecule has 4 nitrogen and oxygen atoms in total. The zero-order valence-electron chi connectivity index (χ0n) is 14.0. The van der Waals surface area contributed by atoms with Crippen molar-refractivity contribution in [2.45, 2.75) is 11.5 Å². The van der Waals surface area contributed by atoms with Crippen molar-refractivity contribution >= 4 is 48.4 Å². The number of nitrogen functional groups attached to an aromatic ring is 1. The van der Waals surface area contributed by atoms with Gasteiger partial charge in [0, 0.05) is 0 Å². The molecule has 0 radical (unpaired) electrons. The first-order valence-corrected chi connectivity index (χ1v) is 10.6. The second kappa shape index (κ2) is 8.06. The Labute approximate surface area is 174 Å². The van der Waals surface area contributed by atoms with E-state index >= 15 is 0 Å². The molecule has 2 aromatic carbocycles. The third-order valence-electron chi connectivity index (χ3n) is 3.76. The number of alkyl halides is 3. The van der Waals surface area contributed by atoms with Crippen LogP contribution in [0.1, 0.15) is 16.8 Å². The van der Waals surface area contributed by atoms with E-state index in [2.05, 4.69) is 5.10 Å². The van der Waals surface area contributed by atoms with Crippen molar-refractivity contribution in [2.75, 3.05) is 5.73 Å². The zero-order valence-corrected chi connectivity index (χ0v) is 17.2. The maximum absolute atomic E-state index is 12.9. The monoisotopic (exact) mass is 490 g/mol. The van der Waals surface area contributed by atoms with Crippen molar-refractivity contribution in [1.29, 1.82) is 5.26 Å². The van der Waals surface area contributed by atoms with Crippen molar-refractivity contribution in [3.63, 3.8) is 0 Å². The Kier molecular flexibility index (Phi) is 5.92. The van der Waals surface area contributed by atoms with E-state index in [9.17, 15) is 18.4 Å². The van der Waals surface area contributed by atoms with Crippen molar-refractivity contribution in [1.82, 2.24) is 9.78 Å². The van der Waals surface area contributed by atoms with Crippen LogP contribution in [0, 0.1) is 11.3 Å². The summed E-state index contributed by atoms with van der Waals surface area (Å²) in [6, 6.07) is 13.1. The normalized spacial score (nSPS) is 11.4. The van der Waals surface area contributed by atoms with E-state index < -0.39 is 11.7 Å². The van der Waals surface area contributed by atoms with Gasteiger partial charge in [-0.3, -0.25) is 0 Å². The summed E-state index contributed by atoms with van der Waals surface area (Å²) in [5.74, 6) is 0.135. The Balaban J connectivity index is 2.02. The number of aromatic nitrogens is 2. The van der Waals surface area contributed by atoms with Crippen LogP contribution in [0.4, 0.5) is 19.0 Å².